The normalized spacial score (nSPS) is 18.9. The van der Waals surface area contributed by atoms with E-state index < -0.39 is 28.7 Å². The van der Waals surface area contributed by atoms with Crippen molar-refractivity contribution in [2.24, 2.45) is 5.41 Å². The summed E-state index contributed by atoms with van der Waals surface area (Å²) in [6.07, 6.45) is -4.46. The van der Waals surface area contributed by atoms with Crippen molar-refractivity contribution in [3.63, 3.8) is 0 Å². The molecule has 150 valence electrons. The summed E-state index contributed by atoms with van der Waals surface area (Å²) in [4.78, 5) is 17.5. The number of halogens is 3. The van der Waals surface area contributed by atoms with Gasteiger partial charge in [0.15, 0.2) is 0 Å². The first kappa shape index (κ1) is 20.4. The van der Waals surface area contributed by atoms with Crippen LogP contribution in [0.4, 0.5) is 13.2 Å². The van der Waals surface area contributed by atoms with Gasteiger partial charge >= 0.3 is 12.1 Å². The number of aromatic nitrogens is 1. The number of cyclic esters (lactones) is 1. The van der Waals surface area contributed by atoms with E-state index in [1.807, 2.05) is 0 Å². The molecule has 0 saturated heterocycles. The summed E-state index contributed by atoms with van der Waals surface area (Å²) >= 11 is 1.15. The van der Waals surface area contributed by atoms with Crippen LogP contribution in [-0.2, 0) is 15.7 Å². The van der Waals surface area contributed by atoms with Gasteiger partial charge in [-0.3, -0.25) is 0 Å². The van der Waals surface area contributed by atoms with E-state index in [2.05, 4.69) is 4.98 Å². The van der Waals surface area contributed by atoms with Gasteiger partial charge in [0.25, 0.3) is 0 Å². The molecule has 1 N–H and O–H groups in total. The fourth-order valence-corrected chi connectivity index (χ4v) is 3.81. The lowest BCUT2D eigenvalue weighted by atomic mass is 9.72. The number of aliphatic hydroxyl groups excluding tert-OH is 1. The molecule has 1 aliphatic heterocycles. The molecule has 0 radical (unpaired) electrons. The van der Waals surface area contributed by atoms with E-state index in [4.69, 9.17) is 4.74 Å². The van der Waals surface area contributed by atoms with Gasteiger partial charge in [0.05, 0.1) is 16.7 Å². The summed E-state index contributed by atoms with van der Waals surface area (Å²) in [5.41, 5.74) is -2.09. The molecule has 0 spiro atoms. The Bertz CT molecular complexity index is 987. The van der Waals surface area contributed by atoms with Crippen molar-refractivity contribution < 1.29 is 27.8 Å². The number of carbonyl (C=O) groups excluding carboxylic acids is 1. The molecule has 28 heavy (non-hydrogen) atoms. The molecule has 0 saturated carbocycles. The first-order chi connectivity index (χ1) is 12.8. The lowest BCUT2D eigenvalue weighted by Gasteiger charge is -2.44. The molecule has 3 rings (SSSR count). The Balaban J connectivity index is 2.13. The van der Waals surface area contributed by atoms with Crippen molar-refractivity contribution in [2.75, 3.05) is 0 Å². The third-order valence-electron chi connectivity index (χ3n) is 5.36. The molecule has 0 atom stereocenters. The van der Waals surface area contributed by atoms with Crippen LogP contribution in [0.25, 0.3) is 16.1 Å². The molecular formula is C20H20F3NO3S. The van der Waals surface area contributed by atoms with Crippen LogP contribution in [0.5, 0.6) is 0 Å². The monoisotopic (exact) mass is 411 g/mol. The van der Waals surface area contributed by atoms with Crippen molar-refractivity contribution in [1.29, 1.82) is 0 Å². The van der Waals surface area contributed by atoms with Gasteiger partial charge in [-0.1, -0.05) is 12.1 Å². The topological polar surface area (TPSA) is 59.4 Å². The Morgan fingerprint density at radius 3 is 2.43 bits per heavy atom. The maximum absolute atomic E-state index is 13.0. The van der Waals surface area contributed by atoms with Crippen LogP contribution in [0.15, 0.2) is 30.0 Å². The minimum absolute atomic E-state index is 0.0451. The number of nitrogens with zero attached hydrogens (tertiary/aromatic N) is 1. The number of hydrogen-bond acceptors (Lipinski definition) is 5. The van der Waals surface area contributed by atoms with Gasteiger partial charge < -0.3 is 9.84 Å². The Kier molecular flexibility index (Phi) is 4.61. The summed E-state index contributed by atoms with van der Waals surface area (Å²) in [5.74, 6) is -0.844. The van der Waals surface area contributed by atoms with Gasteiger partial charge in [0.1, 0.15) is 21.9 Å². The minimum Gasteiger partial charge on any atom is -0.511 e. The van der Waals surface area contributed by atoms with Crippen LogP contribution >= 0.6 is 11.3 Å². The van der Waals surface area contributed by atoms with Gasteiger partial charge in [0.2, 0.25) is 0 Å². The van der Waals surface area contributed by atoms with Crippen molar-refractivity contribution in [3.8, 4) is 10.6 Å². The zero-order valence-electron chi connectivity index (χ0n) is 16.1. The van der Waals surface area contributed by atoms with Crippen molar-refractivity contribution in [1.82, 2.24) is 4.98 Å². The Morgan fingerprint density at radius 2 is 1.82 bits per heavy atom. The van der Waals surface area contributed by atoms with E-state index in [1.165, 1.54) is 12.1 Å². The standard InChI is InChI=1S/C20H20F3NO3S/c1-10-14(13-15(25)18(2,3)19(4,5)27-17(13)26)24-16(28-10)11-7-6-8-12(9-11)20(21,22)23/h6-9,25H,1-5H3. The van der Waals surface area contributed by atoms with Gasteiger partial charge in [-0.05, 0) is 46.8 Å². The van der Waals surface area contributed by atoms with E-state index in [-0.39, 0.29) is 22.6 Å². The zero-order valence-corrected chi connectivity index (χ0v) is 16.9. The van der Waals surface area contributed by atoms with Gasteiger partial charge in [-0.15, -0.1) is 11.3 Å². The molecule has 8 heteroatoms. The highest BCUT2D eigenvalue weighted by Crippen LogP contribution is 2.48. The van der Waals surface area contributed by atoms with E-state index >= 15 is 0 Å². The summed E-state index contributed by atoms with van der Waals surface area (Å²) in [6, 6.07) is 4.84. The number of aliphatic hydroxyl groups is 1. The van der Waals surface area contributed by atoms with Crippen LogP contribution < -0.4 is 0 Å². The summed E-state index contributed by atoms with van der Waals surface area (Å²) in [7, 11) is 0. The highest BCUT2D eigenvalue weighted by Gasteiger charge is 2.51. The Hall–Kier alpha value is -2.35. The second kappa shape index (κ2) is 6.34. The Morgan fingerprint density at radius 1 is 1.18 bits per heavy atom. The maximum atomic E-state index is 13.0. The minimum atomic E-state index is -4.46. The quantitative estimate of drug-likeness (QED) is 0.638. The van der Waals surface area contributed by atoms with E-state index in [0.717, 1.165) is 23.5 Å². The third-order valence-corrected chi connectivity index (χ3v) is 6.38. The third kappa shape index (κ3) is 3.19. The van der Waals surface area contributed by atoms with Gasteiger partial charge in [-0.2, -0.15) is 13.2 Å². The van der Waals surface area contributed by atoms with Crippen molar-refractivity contribution in [3.05, 3.63) is 46.2 Å². The second-order valence-electron chi connectivity index (χ2n) is 7.75. The SMILES string of the molecule is Cc1sc(-c2cccc(C(F)(F)F)c2)nc1C1=C(O)C(C)(C)C(C)(C)OC1=O. The molecule has 1 aromatic heterocycles. The largest absolute Gasteiger partial charge is 0.511 e. The van der Waals surface area contributed by atoms with Crippen molar-refractivity contribution >= 4 is 22.9 Å². The van der Waals surface area contributed by atoms with Crippen molar-refractivity contribution in [2.45, 2.75) is 46.4 Å². The molecule has 4 nitrogen and oxygen atoms in total. The first-order valence-electron chi connectivity index (χ1n) is 8.58. The summed E-state index contributed by atoms with van der Waals surface area (Å²) in [6.45, 7) is 8.62. The zero-order chi connectivity index (χ0) is 21.1. The second-order valence-corrected chi connectivity index (χ2v) is 8.95. The van der Waals surface area contributed by atoms with Crippen LogP contribution in [0.2, 0.25) is 0 Å². The molecule has 0 aliphatic carbocycles. The van der Waals surface area contributed by atoms with E-state index in [0.29, 0.717) is 9.88 Å². The smallest absolute Gasteiger partial charge is 0.416 e. The fourth-order valence-electron chi connectivity index (χ4n) is 2.89. The van der Waals surface area contributed by atoms with Crippen LogP contribution in [-0.4, -0.2) is 21.7 Å². The molecule has 0 bridgehead atoms. The summed E-state index contributed by atoms with van der Waals surface area (Å²) < 4.78 is 44.5. The highest BCUT2D eigenvalue weighted by molar-refractivity contribution is 7.15. The average Bonchev–Trinajstić information content (AvgIpc) is 2.94. The molecule has 0 amide bonds. The van der Waals surface area contributed by atoms with Crippen LogP contribution in [0, 0.1) is 12.3 Å². The number of carbonyl (C=O) groups is 1. The molecule has 0 unspecified atom stereocenters. The Labute approximate surface area is 164 Å². The highest BCUT2D eigenvalue weighted by atomic mass is 32.1. The van der Waals surface area contributed by atoms with Crippen LogP contribution in [0.3, 0.4) is 0 Å². The maximum Gasteiger partial charge on any atom is 0.416 e. The molecule has 1 aromatic carbocycles. The molecule has 2 aromatic rings. The number of rotatable bonds is 2. The van der Waals surface area contributed by atoms with Gasteiger partial charge in [-0.25, -0.2) is 9.78 Å². The molecular weight excluding hydrogens is 391 g/mol. The van der Waals surface area contributed by atoms with Crippen LogP contribution in [0.1, 0.15) is 43.8 Å². The van der Waals surface area contributed by atoms with Gasteiger partial charge in [0, 0.05) is 10.4 Å². The number of thiazole rings is 1. The molecule has 2 heterocycles. The van der Waals surface area contributed by atoms with E-state index in [1.54, 1.807) is 34.6 Å². The number of hydrogen-bond donors (Lipinski definition) is 1. The average molecular weight is 411 g/mol. The van der Waals surface area contributed by atoms with E-state index in [9.17, 15) is 23.1 Å². The number of esters is 1. The fraction of sp³-hybridized carbons (Fsp3) is 0.400. The predicted molar refractivity (Wildman–Crippen MR) is 101 cm³/mol. The lowest BCUT2D eigenvalue weighted by molar-refractivity contribution is -0.164. The number of ether oxygens (including phenoxy) is 1. The number of benzene rings is 1. The molecule has 1 aliphatic rings. The summed E-state index contributed by atoms with van der Waals surface area (Å²) in [5, 5.41) is 11.1. The lowest BCUT2D eigenvalue weighted by Crippen LogP contribution is -2.48. The first-order valence-corrected chi connectivity index (χ1v) is 9.40. The number of aryl methyl sites for hydroxylation is 1. The predicted octanol–water partition coefficient (Wildman–Crippen LogP) is 5.77. The molecule has 0 fully saturated rings. The number of alkyl halides is 3.